The van der Waals surface area contributed by atoms with Gasteiger partial charge in [0.05, 0.1) is 12.7 Å². The predicted molar refractivity (Wildman–Crippen MR) is 104 cm³/mol. The Labute approximate surface area is 183 Å². The molecule has 3 rings (SSSR count). The number of alkyl halides is 3. The summed E-state index contributed by atoms with van der Waals surface area (Å²) in [4.78, 5) is 31.8. The van der Waals surface area contributed by atoms with Gasteiger partial charge in [-0.15, -0.1) is 0 Å². The van der Waals surface area contributed by atoms with Crippen molar-refractivity contribution < 1.29 is 41.0 Å². The Morgan fingerprint density at radius 2 is 1.85 bits per heavy atom. The number of piperidine rings is 1. The number of ketones is 1. The SMILES string of the molecule is COc1cc(OC(=O)C(F)(F)F)c(F)c(F)c1C(=O)c1cnc(NC2CCNCC2)nc1N. The smallest absolute Gasteiger partial charge is 0.491 e. The van der Waals surface area contributed by atoms with Crippen LogP contribution >= 0.6 is 0 Å². The van der Waals surface area contributed by atoms with E-state index in [9.17, 15) is 31.5 Å². The number of hydrogen-bond donors (Lipinski definition) is 3. The topological polar surface area (TPSA) is 128 Å². The molecule has 1 aromatic carbocycles. The number of anilines is 2. The van der Waals surface area contributed by atoms with Crippen molar-refractivity contribution in [3.63, 3.8) is 0 Å². The zero-order valence-corrected chi connectivity index (χ0v) is 17.1. The van der Waals surface area contributed by atoms with Gasteiger partial charge in [0.15, 0.2) is 11.6 Å². The number of benzene rings is 1. The van der Waals surface area contributed by atoms with E-state index in [4.69, 9.17) is 10.5 Å². The normalized spacial score (nSPS) is 14.6. The molecule has 0 saturated carbocycles. The second-order valence-electron chi connectivity index (χ2n) is 6.96. The molecule has 0 bridgehead atoms. The van der Waals surface area contributed by atoms with E-state index >= 15 is 0 Å². The van der Waals surface area contributed by atoms with E-state index in [2.05, 4.69) is 25.3 Å². The lowest BCUT2D eigenvalue weighted by atomic mass is 10.0. The maximum absolute atomic E-state index is 14.7. The highest BCUT2D eigenvalue weighted by Gasteiger charge is 2.42. The molecule has 0 amide bonds. The Morgan fingerprint density at radius 1 is 1.18 bits per heavy atom. The first-order valence-corrected chi connectivity index (χ1v) is 9.52. The van der Waals surface area contributed by atoms with Gasteiger partial charge in [-0.1, -0.05) is 0 Å². The van der Waals surface area contributed by atoms with Crippen LogP contribution < -0.4 is 25.8 Å². The minimum Gasteiger partial charge on any atom is -0.496 e. The Hall–Kier alpha value is -3.55. The van der Waals surface area contributed by atoms with Crippen LogP contribution in [-0.2, 0) is 4.79 Å². The first-order valence-electron chi connectivity index (χ1n) is 9.52. The number of rotatable bonds is 6. The molecule has 9 nitrogen and oxygen atoms in total. The van der Waals surface area contributed by atoms with Crippen LogP contribution in [0.25, 0.3) is 0 Å². The van der Waals surface area contributed by atoms with Crippen LogP contribution in [0.2, 0.25) is 0 Å². The Bertz CT molecular complexity index is 1070. The fourth-order valence-corrected chi connectivity index (χ4v) is 3.11. The Kier molecular flexibility index (Phi) is 6.95. The van der Waals surface area contributed by atoms with Gasteiger partial charge in [0.1, 0.15) is 17.1 Å². The molecule has 2 heterocycles. The van der Waals surface area contributed by atoms with Gasteiger partial charge in [-0.2, -0.15) is 22.5 Å². The number of halogens is 5. The summed E-state index contributed by atoms with van der Waals surface area (Å²) in [5.41, 5.74) is 4.42. The highest BCUT2D eigenvalue weighted by molar-refractivity contribution is 6.13. The van der Waals surface area contributed by atoms with E-state index in [-0.39, 0.29) is 17.8 Å². The van der Waals surface area contributed by atoms with Crippen LogP contribution in [0.4, 0.5) is 33.7 Å². The molecular weight excluding hydrogens is 457 g/mol. The Balaban J connectivity index is 1.91. The third kappa shape index (κ3) is 5.27. The van der Waals surface area contributed by atoms with E-state index in [0.29, 0.717) is 6.07 Å². The summed E-state index contributed by atoms with van der Waals surface area (Å²) >= 11 is 0. The maximum atomic E-state index is 14.7. The summed E-state index contributed by atoms with van der Waals surface area (Å²) in [6, 6.07) is 0.519. The summed E-state index contributed by atoms with van der Waals surface area (Å²) < 4.78 is 74.8. The summed E-state index contributed by atoms with van der Waals surface area (Å²) in [6.07, 6.45) is -2.85. The molecule has 178 valence electrons. The molecule has 4 N–H and O–H groups in total. The third-order valence-corrected chi connectivity index (χ3v) is 4.75. The van der Waals surface area contributed by atoms with Crippen LogP contribution in [0.1, 0.15) is 28.8 Å². The molecule has 0 radical (unpaired) electrons. The lowest BCUT2D eigenvalue weighted by Crippen LogP contribution is -2.35. The van der Waals surface area contributed by atoms with Crippen LogP contribution in [0.3, 0.4) is 0 Å². The lowest BCUT2D eigenvalue weighted by Gasteiger charge is -2.23. The van der Waals surface area contributed by atoms with E-state index in [0.717, 1.165) is 39.2 Å². The van der Waals surface area contributed by atoms with Gasteiger partial charge in [-0.25, -0.2) is 14.2 Å². The molecule has 0 spiro atoms. The van der Waals surface area contributed by atoms with Crippen LogP contribution in [-0.4, -0.2) is 54.1 Å². The predicted octanol–water partition coefficient (Wildman–Crippen LogP) is 2.21. The fraction of sp³-hybridized carbons (Fsp3) is 0.368. The molecule has 14 heteroatoms. The average Bonchev–Trinajstić information content (AvgIpc) is 2.76. The molecule has 0 unspecified atom stereocenters. The molecule has 1 aliphatic rings. The number of ether oxygens (including phenoxy) is 2. The number of hydrogen-bond acceptors (Lipinski definition) is 9. The first kappa shape index (κ1) is 24.1. The van der Waals surface area contributed by atoms with Crippen LogP contribution in [0, 0.1) is 11.6 Å². The quantitative estimate of drug-likeness (QED) is 0.249. The van der Waals surface area contributed by atoms with Crippen LogP contribution in [0.5, 0.6) is 11.5 Å². The minimum absolute atomic E-state index is 0.0748. The first-order chi connectivity index (χ1) is 15.5. The van der Waals surface area contributed by atoms with Crippen molar-refractivity contribution in [2.75, 3.05) is 31.2 Å². The van der Waals surface area contributed by atoms with Gasteiger partial charge in [0.2, 0.25) is 17.5 Å². The second kappa shape index (κ2) is 9.52. The van der Waals surface area contributed by atoms with Crippen molar-refractivity contribution >= 4 is 23.5 Å². The number of nitrogen functional groups attached to an aromatic ring is 1. The van der Waals surface area contributed by atoms with Crippen molar-refractivity contribution in [1.82, 2.24) is 15.3 Å². The molecular formula is C19H18F5N5O4. The highest BCUT2D eigenvalue weighted by atomic mass is 19.4. The molecule has 33 heavy (non-hydrogen) atoms. The zero-order valence-electron chi connectivity index (χ0n) is 17.1. The molecule has 0 aliphatic carbocycles. The van der Waals surface area contributed by atoms with Gasteiger partial charge in [0.25, 0.3) is 0 Å². The minimum atomic E-state index is -5.46. The van der Waals surface area contributed by atoms with Gasteiger partial charge < -0.3 is 25.8 Å². The largest absolute Gasteiger partial charge is 0.496 e. The van der Waals surface area contributed by atoms with Gasteiger partial charge in [-0.3, -0.25) is 4.79 Å². The molecule has 0 atom stereocenters. The van der Waals surface area contributed by atoms with E-state index < -0.39 is 52.2 Å². The number of methoxy groups -OCH3 is 1. The number of nitrogens with zero attached hydrogens (tertiary/aromatic N) is 2. The zero-order chi connectivity index (χ0) is 24.3. The van der Waals surface area contributed by atoms with Crippen molar-refractivity contribution in [2.45, 2.75) is 25.1 Å². The number of nitrogens with one attached hydrogen (secondary N) is 2. The Morgan fingerprint density at radius 3 is 2.42 bits per heavy atom. The van der Waals surface area contributed by atoms with Crippen molar-refractivity contribution in [2.24, 2.45) is 0 Å². The number of nitrogens with two attached hydrogens (primary N) is 1. The van der Waals surface area contributed by atoms with Crippen LogP contribution in [0.15, 0.2) is 12.3 Å². The molecule has 2 aromatic rings. The second-order valence-corrected chi connectivity index (χ2v) is 6.96. The third-order valence-electron chi connectivity index (χ3n) is 4.75. The number of carbonyl (C=O) groups is 2. The summed E-state index contributed by atoms with van der Waals surface area (Å²) in [5, 5.41) is 6.24. The monoisotopic (exact) mass is 475 g/mol. The molecule has 1 aliphatic heterocycles. The van der Waals surface area contributed by atoms with E-state index in [1.54, 1.807) is 0 Å². The molecule has 1 aromatic heterocycles. The van der Waals surface area contributed by atoms with Crippen molar-refractivity contribution in [1.29, 1.82) is 0 Å². The lowest BCUT2D eigenvalue weighted by molar-refractivity contribution is -0.189. The van der Waals surface area contributed by atoms with E-state index in [1.807, 2.05) is 0 Å². The van der Waals surface area contributed by atoms with Crippen molar-refractivity contribution in [3.05, 3.63) is 35.0 Å². The highest BCUT2D eigenvalue weighted by Crippen LogP contribution is 2.35. The number of carbonyl (C=O) groups excluding carboxylic acids is 2. The fourth-order valence-electron chi connectivity index (χ4n) is 3.11. The number of esters is 1. The standard InChI is InChI=1S/C19H18F5N5O4/c1-32-10-6-11(33-17(31)19(22,23)24)13(20)14(21)12(10)15(30)9-7-27-18(29-16(9)25)28-8-2-4-26-5-3-8/h6-8,26H,2-5H2,1H3,(H3,25,27,28,29). The van der Waals surface area contributed by atoms with Gasteiger partial charge in [0, 0.05) is 18.3 Å². The molecule has 1 fully saturated rings. The summed E-state index contributed by atoms with van der Waals surface area (Å²) in [5.74, 6) is -10.2. The number of aromatic nitrogens is 2. The average molecular weight is 475 g/mol. The van der Waals surface area contributed by atoms with E-state index in [1.165, 1.54) is 0 Å². The van der Waals surface area contributed by atoms with Gasteiger partial charge in [-0.05, 0) is 25.9 Å². The maximum Gasteiger partial charge on any atom is 0.491 e. The van der Waals surface area contributed by atoms with Crippen molar-refractivity contribution in [3.8, 4) is 11.5 Å². The summed E-state index contributed by atoms with van der Waals surface area (Å²) in [6.45, 7) is 1.59. The molecule has 1 saturated heterocycles. The van der Waals surface area contributed by atoms with Gasteiger partial charge >= 0.3 is 12.1 Å². The summed E-state index contributed by atoms with van der Waals surface area (Å²) in [7, 11) is 0.949.